The zero-order valence-corrected chi connectivity index (χ0v) is 14.5. The Balaban J connectivity index is 1.70. The predicted octanol–water partition coefficient (Wildman–Crippen LogP) is 3.62. The summed E-state index contributed by atoms with van der Waals surface area (Å²) in [6.07, 6.45) is 1.68. The summed E-state index contributed by atoms with van der Waals surface area (Å²) in [5, 5.41) is 14.0. The molecule has 26 heavy (non-hydrogen) atoms. The van der Waals surface area contributed by atoms with E-state index in [1.165, 1.54) is 10.9 Å². The van der Waals surface area contributed by atoms with E-state index in [2.05, 4.69) is 10.00 Å². The van der Waals surface area contributed by atoms with Gasteiger partial charge in [-0.3, -0.25) is 0 Å². The molecule has 0 amide bonds. The number of anilines is 1. The van der Waals surface area contributed by atoms with Gasteiger partial charge in [0, 0.05) is 24.2 Å². The number of hydrogen-bond donors (Lipinski definition) is 1. The van der Waals surface area contributed by atoms with E-state index in [4.69, 9.17) is 4.74 Å². The molecule has 1 N–H and O–H groups in total. The number of hydrogen-bond acceptors (Lipinski definition) is 4. The molecule has 2 aromatic carbocycles. The number of morpholine rings is 1. The van der Waals surface area contributed by atoms with Gasteiger partial charge in [-0.25, -0.2) is 13.5 Å². The van der Waals surface area contributed by atoms with Gasteiger partial charge in [0.2, 0.25) is 0 Å². The molecular formula is C19H19F2N3O2. The molecule has 3 aromatic rings. The molecule has 0 unspecified atom stereocenters. The third kappa shape index (κ3) is 2.78. The minimum absolute atomic E-state index is 0.0465. The minimum atomic E-state index is -1.02. The zero-order valence-electron chi connectivity index (χ0n) is 14.5. The first-order valence-corrected chi connectivity index (χ1v) is 8.49. The highest BCUT2D eigenvalue weighted by atomic mass is 19.1. The maximum atomic E-state index is 14.3. The molecule has 4 rings (SSSR count). The molecule has 0 bridgehead atoms. The summed E-state index contributed by atoms with van der Waals surface area (Å²) in [6, 6.07) is 8.60. The molecule has 2 heterocycles. The number of phenolic OH excluding ortho intramolecular Hbond substituents is 1. The molecule has 1 aliphatic heterocycles. The summed E-state index contributed by atoms with van der Waals surface area (Å²) in [5.74, 6) is -3.01. The topological polar surface area (TPSA) is 50.5 Å². The Morgan fingerprint density at radius 1 is 1.08 bits per heavy atom. The van der Waals surface area contributed by atoms with E-state index < -0.39 is 17.4 Å². The van der Waals surface area contributed by atoms with E-state index in [0.717, 1.165) is 24.8 Å². The molecule has 0 radical (unpaired) electrons. The number of halogens is 2. The van der Waals surface area contributed by atoms with Gasteiger partial charge >= 0.3 is 0 Å². The van der Waals surface area contributed by atoms with Gasteiger partial charge in [-0.1, -0.05) is 0 Å². The molecule has 7 heteroatoms. The average Bonchev–Trinajstić information content (AvgIpc) is 3.03. The van der Waals surface area contributed by atoms with Crippen LogP contribution >= 0.6 is 0 Å². The Hall–Kier alpha value is -2.67. The Morgan fingerprint density at radius 3 is 2.35 bits per heavy atom. The molecule has 0 aliphatic carbocycles. The molecule has 136 valence electrons. The highest BCUT2D eigenvalue weighted by Crippen LogP contribution is 2.30. The Kier molecular flexibility index (Phi) is 4.03. The van der Waals surface area contributed by atoms with Crippen molar-refractivity contribution in [2.24, 2.45) is 0 Å². The van der Waals surface area contributed by atoms with Crippen molar-refractivity contribution < 1.29 is 18.6 Å². The van der Waals surface area contributed by atoms with Crippen molar-refractivity contribution in [3.05, 3.63) is 48.2 Å². The van der Waals surface area contributed by atoms with Gasteiger partial charge in [-0.2, -0.15) is 5.10 Å². The third-order valence-corrected chi connectivity index (χ3v) is 4.60. The van der Waals surface area contributed by atoms with Crippen molar-refractivity contribution >= 4 is 16.6 Å². The van der Waals surface area contributed by atoms with Gasteiger partial charge in [0.15, 0.2) is 17.4 Å². The maximum Gasteiger partial charge on any atom is 0.194 e. The van der Waals surface area contributed by atoms with Gasteiger partial charge in [-0.15, -0.1) is 0 Å². The van der Waals surface area contributed by atoms with E-state index in [1.807, 2.05) is 38.1 Å². The SMILES string of the molecule is C[C@@H]1CN(c2ccc(-n3ncc4cc(F)c(O)c(F)c43)cc2)C[C@H](C)O1. The highest BCUT2D eigenvalue weighted by Gasteiger charge is 2.23. The highest BCUT2D eigenvalue weighted by molar-refractivity contribution is 5.82. The number of nitrogens with zero attached hydrogens (tertiary/aromatic N) is 3. The monoisotopic (exact) mass is 359 g/mol. The van der Waals surface area contributed by atoms with Crippen LogP contribution in [-0.4, -0.2) is 40.2 Å². The summed E-state index contributed by atoms with van der Waals surface area (Å²) in [6.45, 7) is 5.69. The first-order chi connectivity index (χ1) is 12.4. The van der Waals surface area contributed by atoms with Crippen LogP contribution in [0.25, 0.3) is 16.6 Å². The quantitative estimate of drug-likeness (QED) is 0.759. The molecule has 0 spiro atoms. The van der Waals surface area contributed by atoms with Gasteiger partial charge < -0.3 is 14.7 Å². The van der Waals surface area contributed by atoms with Crippen molar-refractivity contribution in [2.45, 2.75) is 26.1 Å². The van der Waals surface area contributed by atoms with Crippen molar-refractivity contribution in [3.8, 4) is 11.4 Å². The van der Waals surface area contributed by atoms with E-state index in [-0.39, 0.29) is 23.1 Å². The first-order valence-electron chi connectivity index (χ1n) is 8.49. The van der Waals surface area contributed by atoms with E-state index in [0.29, 0.717) is 5.69 Å². The molecule has 0 saturated carbocycles. The Morgan fingerprint density at radius 2 is 1.69 bits per heavy atom. The molecule has 1 aromatic heterocycles. The number of fused-ring (bicyclic) bond motifs is 1. The largest absolute Gasteiger partial charge is 0.503 e. The zero-order chi connectivity index (χ0) is 18.4. The predicted molar refractivity (Wildman–Crippen MR) is 94.9 cm³/mol. The van der Waals surface area contributed by atoms with Gasteiger partial charge in [-0.05, 0) is 44.2 Å². The van der Waals surface area contributed by atoms with Crippen LogP contribution in [0.5, 0.6) is 5.75 Å². The first kappa shape index (κ1) is 16.8. The summed E-state index contributed by atoms with van der Waals surface area (Å²) >= 11 is 0. The van der Waals surface area contributed by atoms with Gasteiger partial charge in [0.05, 0.1) is 24.1 Å². The van der Waals surface area contributed by atoms with Crippen molar-refractivity contribution in [1.82, 2.24) is 9.78 Å². The summed E-state index contributed by atoms with van der Waals surface area (Å²) in [5.41, 5.74) is 1.72. The smallest absolute Gasteiger partial charge is 0.194 e. The molecule has 1 aliphatic rings. The van der Waals surface area contributed by atoms with Crippen LogP contribution in [-0.2, 0) is 4.74 Å². The second-order valence-corrected chi connectivity index (χ2v) is 6.69. The van der Waals surface area contributed by atoms with Crippen molar-refractivity contribution in [2.75, 3.05) is 18.0 Å². The normalized spacial score (nSPS) is 20.7. The molecule has 2 atom stereocenters. The average molecular weight is 359 g/mol. The number of rotatable bonds is 2. The fraction of sp³-hybridized carbons (Fsp3) is 0.316. The van der Waals surface area contributed by atoms with E-state index in [1.54, 1.807) is 0 Å². The molecular weight excluding hydrogens is 340 g/mol. The van der Waals surface area contributed by atoms with Gasteiger partial charge in [0.1, 0.15) is 5.52 Å². The van der Waals surface area contributed by atoms with Crippen molar-refractivity contribution in [1.29, 1.82) is 0 Å². The molecule has 1 fully saturated rings. The molecule has 1 saturated heterocycles. The summed E-state index contributed by atoms with van der Waals surface area (Å²) < 4.78 is 34.9. The fourth-order valence-corrected chi connectivity index (χ4v) is 3.50. The van der Waals surface area contributed by atoms with Crippen LogP contribution in [0.4, 0.5) is 14.5 Å². The Labute approximate surface area is 149 Å². The van der Waals surface area contributed by atoms with Crippen LogP contribution in [0.3, 0.4) is 0 Å². The second-order valence-electron chi connectivity index (χ2n) is 6.69. The van der Waals surface area contributed by atoms with Crippen LogP contribution in [0, 0.1) is 11.6 Å². The standard InChI is InChI=1S/C19H19F2N3O2/c1-11-9-23(10-12(2)26-11)14-3-5-15(6-4-14)24-18-13(8-22-24)7-16(20)19(25)17(18)21/h3-8,11-12,25H,9-10H2,1-2H3/t11-,12+. The summed E-state index contributed by atoms with van der Waals surface area (Å²) in [7, 11) is 0. The van der Waals surface area contributed by atoms with Crippen LogP contribution in [0.1, 0.15) is 13.8 Å². The number of aromatic hydroxyl groups is 1. The maximum absolute atomic E-state index is 14.3. The van der Waals surface area contributed by atoms with Crippen molar-refractivity contribution in [3.63, 3.8) is 0 Å². The minimum Gasteiger partial charge on any atom is -0.503 e. The van der Waals surface area contributed by atoms with Crippen LogP contribution in [0.2, 0.25) is 0 Å². The lowest BCUT2D eigenvalue weighted by Gasteiger charge is -2.36. The van der Waals surface area contributed by atoms with E-state index in [9.17, 15) is 13.9 Å². The lowest BCUT2D eigenvalue weighted by molar-refractivity contribution is -0.00521. The number of benzene rings is 2. The van der Waals surface area contributed by atoms with Crippen LogP contribution < -0.4 is 4.90 Å². The fourth-order valence-electron chi connectivity index (χ4n) is 3.50. The number of aromatic nitrogens is 2. The molecule has 5 nitrogen and oxygen atoms in total. The van der Waals surface area contributed by atoms with Crippen LogP contribution in [0.15, 0.2) is 36.5 Å². The lowest BCUT2D eigenvalue weighted by atomic mass is 10.2. The summed E-state index contributed by atoms with van der Waals surface area (Å²) in [4.78, 5) is 2.24. The lowest BCUT2D eigenvalue weighted by Crippen LogP contribution is -2.45. The second kappa shape index (κ2) is 6.25. The number of phenols is 1. The number of ether oxygens (including phenoxy) is 1. The Bertz CT molecular complexity index is 946. The third-order valence-electron chi connectivity index (χ3n) is 4.60. The van der Waals surface area contributed by atoms with E-state index >= 15 is 0 Å². The van der Waals surface area contributed by atoms with Gasteiger partial charge in [0.25, 0.3) is 0 Å².